The van der Waals surface area contributed by atoms with Crippen LogP contribution >= 0.6 is 24.0 Å². The van der Waals surface area contributed by atoms with Gasteiger partial charge < -0.3 is 5.73 Å². The highest BCUT2D eigenvalue weighted by Crippen LogP contribution is 1.70. The van der Waals surface area contributed by atoms with Crippen molar-refractivity contribution < 1.29 is 0 Å². The molecule has 4 nitrogen and oxygen atoms in total. The van der Waals surface area contributed by atoms with Crippen molar-refractivity contribution >= 4 is 29.8 Å². The van der Waals surface area contributed by atoms with E-state index in [0.29, 0.717) is 5.84 Å². The molecule has 48 valence electrons. The Morgan fingerprint density at radius 2 is 2.00 bits per heavy atom. The van der Waals surface area contributed by atoms with Gasteiger partial charge in [-0.2, -0.15) is 5.11 Å². The summed E-state index contributed by atoms with van der Waals surface area (Å²) in [5, 5.41) is 9.99. The van der Waals surface area contributed by atoms with E-state index in [2.05, 4.69) is 15.4 Å². The molecule has 0 atom stereocenters. The molecule has 0 rings (SSSR count). The fourth-order valence-corrected chi connectivity index (χ4v) is 0.115. The van der Waals surface area contributed by atoms with Crippen molar-refractivity contribution in [3.8, 4) is 0 Å². The van der Waals surface area contributed by atoms with E-state index in [1.165, 1.54) is 7.05 Å². The van der Waals surface area contributed by atoms with Crippen molar-refractivity contribution in [2.24, 2.45) is 21.2 Å². The molecule has 0 heterocycles. The first kappa shape index (κ1) is 10.7. The molecule has 0 spiro atoms. The Morgan fingerprint density at radius 1 is 1.50 bits per heavy atom. The zero-order valence-corrected chi connectivity index (χ0v) is 7.16. The Kier molecular flexibility index (Phi) is 9.11. The largest absolute Gasteiger partial charge is 0.386 e. The van der Waals surface area contributed by atoms with Gasteiger partial charge in [-0.1, -0.05) is 0 Å². The molecule has 0 fully saturated rings. The van der Waals surface area contributed by atoms with Crippen LogP contribution in [0.5, 0.6) is 0 Å². The number of hydrogen-bond donors (Lipinski definition) is 1. The van der Waals surface area contributed by atoms with Crippen molar-refractivity contribution in [2.75, 3.05) is 7.05 Å². The molecule has 0 bridgehead atoms. The summed E-state index contributed by atoms with van der Waals surface area (Å²) in [5.41, 5.74) is 5.07. The van der Waals surface area contributed by atoms with Crippen LogP contribution in [-0.2, 0) is 0 Å². The van der Waals surface area contributed by atoms with E-state index >= 15 is 0 Å². The first-order valence-corrected chi connectivity index (χ1v) is 1.86. The Hall–Kier alpha value is -0.200. The lowest BCUT2D eigenvalue weighted by Gasteiger charge is -1.77. The van der Waals surface area contributed by atoms with Crippen molar-refractivity contribution in [1.29, 1.82) is 0 Å². The second kappa shape index (κ2) is 6.80. The maximum Gasteiger partial charge on any atom is 0.121 e. The number of nitrogens with zero attached hydrogens (tertiary/aromatic N) is 3. The predicted molar refractivity (Wildman–Crippen MR) is 43.5 cm³/mol. The van der Waals surface area contributed by atoms with Crippen LogP contribution in [0.2, 0.25) is 0 Å². The molecule has 0 radical (unpaired) electrons. The highest BCUT2D eigenvalue weighted by atomic mass is 127. The summed E-state index contributed by atoms with van der Waals surface area (Å²) in [4.78, 5) is 0. The zero-order chi connectivity index (χ0) is 5.70. The van der Waals surface area contributed by atoms with Gasteiger partial charge in [0.1, 0.15) is 5.84 Å². The minimum atomic E-state index is 0. The van der Waals surface area contributed by atoms with E-state index in [1.807, 2.05) is 0 Å². The predicted octanol–water partition coefficient (Wildman–Crippen LogP) is 0.979. The van der Waals surface area contributed by atoms with Crippen LogP contribution in [0.3, 0.4) is 0 Å². The number of rotatable bonds is 1. The Bertz CT molecular complexity index is 93.5. The second-order valence-electron chi connectivity index (χ2n) is 1.03. The van der Waals surface area contributed by atoms with E-state index in [-0.39, 0.29) is 24.0 Å². The smallest absolute Gasteiger partial charge is 0.121 e. The molecular weight excluding hydrogens is 219 g/mol. The Balaban J connectivity index is 0. The highest BCUT2D eigenvalue weighted by Gasteiger charge is 1.68. The third-order valence-electron chi connectivity index (χ3n) is 0.292. The van der Waals surface area contributed by atoms with Gasteiger partial charge in [-0.3, -0.25) is 0 Å². The summed E-state index contributed by atoms with van der Waals surface area (Å²) in [5.74, 6) is 0.422. The first-order valence-electron chi connectivity index (χ1n) is 1.86. The summed E-state index contributed by atoms with van der Waals surface area (Å²) in [6.45, 7) is 1.65. The van der Waals surface area contributed by atoms with Crippen molar-refractivity contribution in [3.63, 3.8) is 0 Å². The van der Waals surface area contributed by atoms with Gasteiger partial charge in [-0.15, -0.1) is 29.1 Å². The lowest BCUT2D eigenvalue weighted by atomic mass is 10.7. The van der Waals surface area contributed by atoms with Gasteiger partial charge in [-0.05, 0) is 12.1 Å². The van der Waals surface area contributed by atoms with E-state index in [0.717, 1.165) is 0 Å². The van der Waals surface area contributed by atoms with Crippen LogP contribution in [0.1, 0.15) is 6.92 Å². The van der Waals surface area contributed by atoms with Crippen molar-refractivity contribution in [3.05, 3.63) is 0 Å². The lowest BCUT2D eigenvalue weighted by molar-refractivity contribution is 1.01. The minimum absolute atomic E-state index is 0. The van der Waals surface area contributed by atoms with E-state index in [1.54, 1.807) is 6.92 Å². The summed E-state index contributed by atoms with van der Waals surface area (Å²) in [6, 6.07) is 0. The molecule has 0 saturated carbocycles. The Labute approximate surface area is 65.3 Å². The van der Waals surface area contributed by atoms with Crippen LogP contribution in [0.4, 0.5) is 0 Å². The minimum Gasteiger partial charge on any atom is -0.386 e. The molecule has 0 amide bonds. The zero-order valence-electron chi connectivity index (χ0n) is 4.83. The molecule has 0 saturated heterocycles. The molecule has 0 unspecified atom stereocenters. The van der Waals surface area contributed by atoms with Crippen molar-refractivity contribution in [1.82, 2.24) is 0 Å². The van der Waals surface area contributed by atoms with Crippen molar-refractivity contribution in [2.45, 2.75) is 6.92 Å². The average molecular weight is 228 g/mol. The molecule has 0 aromatic rings. The van der Waals surface area contributed by atoms with Gasteiger partial charge in [0.05, 0.1) is 7.05 Å². The van der Waals surface area contributed by atoms with E-state index in [9.17, 15) is 0 Å². The molecule has 0 aliphatic heterocycles. The van der Waals surface area contributed by atoms with Crippen LogP contribution in [0.15, 0.2) is 15.4 Å². The number of amidine groups is 1. The molecule has 2 N–H and O–H groups in total. The lowest BCUT2D eigenvalue weighted by Crippen LogP contribution is -2.03. The topological polar surface area (TPSA) is 63.1 Å². The summed E-state index contributed by atoms with van der Waals surface area (Å²) < 4.78 is 0. The standard InChI is InChI=1S/C3H8N4.HI/c1-3(4)6-7-5-2;/h1-2H3,(H2,4,5,6);1H. The summed E-state index contributed by atoms with van der Waals surface area (Å²) >= 11 is 0. The first-order chi connectivity index (χ1) is 3.27. The second-order valence-corrected chi connectivity index (χ2v) is 1.03. The number of nitrogens with two attached hydrogens (primary N) is 1. The molecule has 5 heteroatoms. The molecule has 0 aromatic heterocycles. The summed E-state index contributed by atoms with van der Waals surface area (Å²) in [6.07, 6.45) is 0. The molecule has 8 heavy (non-hydrogen) atoms. The van der Waals surface area contributed by atoms with Gasteiger partial charge in [0.15, 0.2) is 0 Å². The van der Waals surface area contributed by atoms with Gasteiger partial charge in [0.2, 0.25) is 0 Å². The highest BCUT2D eigenvalue weighted by molar-refractivity contribution is 14.0. The molecule has 0 aliphatic carbocycles. The fourth-order valence-electron chi connectivity index (χ4n) is 0.115. The third kappa shape index (κ3) is 9.25. The van der Waals surface area contributed by atoms with Crippen LogP contribution in [0, 0.1) is 0 Å². The molecular formula is C3H9IN4. The van der Waals surface area contributed by atoms with Crippen LogP contribution < -0.4 is 5.73 Å². The normalized spacial score (nSPS) is 11.5. The van der Waals surface area contributed by atoms with Gasteiger partial charge in [0, 0.05) is 0 Å². The fraction of sp³-hybridized carbons (Fsp3) is 0.667. The van der Waals surface area contributed by atoms with Crippen LogP contribution in [-0.4, -0.2) is 12.9 Å². The monoisotopic (exact) mass is 228 g/mol. The van der Waals surface area contributed by atoms with Gasteiger partial charge >= 0.3 is 0 Å². The summed E-state index contributed by atoms with van der Waals surface area (Å²) in [7, 11) is 1.53. The number of hydrogen-bond acceptors (Lipinski definition) is 2. The Morgan fingerprint density at radius 3 is 2.12 bits per heavy atom. The molecule has 0 aliphatic rings. The average Bonchev–Trinajstić information content (AvgIpc) is 1.61. The van der Waals surface area contributed by atoms with E-state index in [4.69, 9.17) is 5.73 Å². The SMILES string of the molecule is CN=N/N=C(/C)N.I. The third-order valence-corrected chi connectivity index (χ3v) is 0.292. The van der Waals surface area contributed by atoms with Gasteiger partial charge in [-0.25, -0.2) is 0 Å². The number of halogens is 1. The maximum atomic E-state index is 5.07. The van der Waals surface area contributed by atoms with Crippen LogP contribution in [0.25, 0.3) is 0 Å². The molecule has 0 aromatic carbocycles. The van der Waals surface area contributed by atoms with E-state index < -0.39 is 0 Å². The quantitative estimate of drug-likeness (QED) is 0.235. The maximum absolute atomic E-state index is 5.07. The van der Waals surface area contributed by atoms with Gasteiger partial charge in [0.25, 0.3) is 0 Å².